The molecule has 15 heavy (non-hydrogen) atoms. The maximum absolute atomic E-state index is 5.34. The van der Waals surface area contributed by atoms with Crippen LogP contribution in [0.1, 0.15) is 17.3 Å². The third-order valence-corrected chi connectivity index (χ3v) is 5.40. The Morgan fingerprint density at radius 1 is 1.20 bits per heavy atom. The zero-order valence-corrected chi connectivity index (χ0v) is 12.7. The van der Waals surface area contributed by atoms with Gasteiger partial charge >= 0.3 is 0 Å². The molecule has 1 aromatic rings. The molecule has 1 heterocycles. The lowest BCUT2D eigenvalue weighted by Crippen LogP contribution is -2.02. The van der Waals surface area contributed by atoms with Gasteiger partial charge in [0.25, 0.3) is 0 Å². The highest BCUT2D eigenvalue weighted by Gasteiger charge is 2.22. The minimum absolute atomic E-state index is 0.237. The molecule has 0 aliphatic carbocycles. The van der Waals surface area contributed by atoms with Gasteiger partial charge in [0.15, 0.2) is 11.5 Å². The van der Waals surface area contributed by atoms with E-state index >= 15 is 0 Å². The van der Waals surface area contributed by atoms with Crippen molar-refractivity contribution < 1.29 is 9.47 Å². The highest BCUT2D eigenvalue weighted by Crippen LogP contribution is 2.43. The van der Waals surface area contributed by atoms with E-state index in [-0.39, 0.29) is 4.83 Å². The van der Waals surface area contributed by atoms with Crippen LogP contribution < -0.4 is 9.47 Å². The molecule has 5 heteroatoms. The molecule has 82 valence electrons. The lowest BCUT2D eigenvalue weighted by atomic mass is 10.1. The number of benzene rings is 1. The van der Waals surface area contributed by atoms with E-state index in [1.54, 1.807) is 0 Å². The fourth-order valence-corrected chi connectivity index (χ4v) is 2.93. The van der Waals surface area contributed by atoms with E-state index in [2.05, 4.69) is 54.7 Å². The van der Waals surface area contributed by atoms with Crippen LogP contribution in [0.2, 0.25) is 0 Å². The van der Waals surface area contributed by atoms with Gasteiger partial charge in [0.1, 0.15) is 0 Å². The first-order valence-corrected chi connectivity index (χ1v) is 7.09. The van der Waals surface area contributed by atoms with E-state index < -0.39 is 0 Å². The minimum atomic E-state index is 0.237. The van der Waals surface area contributed by atoms with Gasteiger partial charge in [-0.15, -0.1) is 0 Å². The lowest BCUT2D eigenvalue weighted by molar-refractivity contribution is 0.174. The predicted octanol–water partition coefficient (Wildman–Crippen LogP) is 4.40. The highest BCUT2D eigenvalue weighted by molar-refractivity contribution is 9.12. The van der Waals surface area contributed by atoms with Crippen molar-refractivity contribution >= 4 is 47.8 Å². The molecule has 0 aromatic heterocycles. The summed E-state index contributed by atoms with van der Waals surface area (Å²) in [5.41, 5.74) is 1.16. The van der Waals surface area contributed by atoms with Crippen molar-refractivity contribution in [2.45, 2.75) is 16.6 Å². The van der Waals surface area contributed by atoms with Gasteiger partial charge in [0, 0.05) is 9.30 Å². The molecular formula is C10H9Br3O2. The van der Waals surface area contributed by atoms with Crippen molar-refractivity contribution in [2.24, 2.45) is 0 Å². The Balaban J connectivity index is 2.40. The number of halogens is 3. The van der Waals surface area contributed by atoms with Crippen LogP contribution >= 0.6 is 47.8 Å². The van der Waals surface area contributed by atoms with Crippen LogP contribution in [0.3, 0.4) is 0 Å². The van der Waals surface area contributed by atoms with E-state index in [9.17, 15) is 0 Å². The van der Waals surface area contributed by atoms with Gasteiger partial charge in [-0.1, -0.05) is 54.7 Å². The summed E-state index contributed by atoms with van der Waals surface area (Å²) in [6, 6.07) is 3.95. The van der Waals surface area contributed by atoms with E-state index in [0.717, 1.165) is 21.5 Å². The fraction of sp³-hybridized carbons (Fsp3) is 0.400. The molecule has 0 bridgehead atoms. The second-order valence-corrected chi connectivity index (χ2v) is 6.59. The van der Waals surface area contributed by atoms with E-state index in [4.69, 9.17) is 9.47 Å². The largest absolute Gasteiger partial charge is 0.454 e. The Hall–Kier alpha value is 0.260. The molecule has 1 aliphatic rings. The first kappa shape index (κ1) is 11.7. The molecule has 0 fully saturated rings. The zero-order valence-electron chi connectivity index (χ0n) is 7.97. The van der Waals surface area contributed by atoms with Gasteiger partial charge in [-0.05, 0) is 17.7 Å². The summed E-state index contributed by atoms with van der Waals surface area (Å²) in [7, 11) is 0. The average Bonchev–Trinajstić information content (AvgIpc) is 2.62. The second kappa shape index (κ2) is 4.63. The Morgan fingerprint density at radius 3 is 2.40 bits per heavy atom. The van der Waals surface area contributed by atoms with E-state index in [0.29, 0.717) is 11.6 Å². The van der Waals surface area contributed by atoms with Gasteiger partial charge in [-0.3, -0.25) is 0 Å². The van der Waals surface area contributed by atoms with Gasteiger partial charge in [0.05, 0.1) is 4.83 Å². The SMILES string of the molecule is C[C@@H](Br)[C@H](Br)c1cc2c(cc1Br)OCO2. The average molecular weight is 401 g/mol. The Morgan fingerprint density at radius 2 is 1.80 bits per heavy atom. The van der Waals surface area contributed by atoms with Crippen LogP contribution in [0.25, 0.3) is 0 Å². The normalized spacial score (nSPS) is 17.6. The summed E-state index contributed by atoms with van der Waals surface area (Å²) in [5.74, 6) is 1.61. The van der Waals surface area contributed by atoms with E-state index in [1.807, 2.05) is 12.1 Å². The standard InChI is InChI=1S/C10H9Br3O2/c1-5(11)10(13)6-2-8-9(3-7(6)12)15-4-14-8/h2-3,5,10H,4H2,1H3/t5-,10+/m1/s1. The van der Waals surface area contributed by atoms with Gasteiger partial charge in [-0.25, -0.2) is 0 Å². The fourth-order valence-electron chi connectivity index (χ4n) is 1.39. The molecule has 2 atom stereocenters. The maximum Gasteiger partial charge on any atom is 0.231 e. The number of rotatable bonds is 2. The van der Waals surface area contributed by atoms with Gasteiger partial charge in [0.2, 0.25) is 6.79 Å². The molecule has 0 spiro atoms. The van der Waals surface area contributed by atoms with Crippen LogP contribution in [0, 0.1) is 0 Å². The summed E-state index contributed by atoms with van der Waals surface area (Å²) in [4.78, 5) is 0.579. The van der Waals surface area contributed by atoms with Crippen molar-refractivity contribution in [3.8, 4) is 11.5 Å². The third kappa shape index (κ3) is 2.34. The van der Waals surface area contributed by atoms with Gasteiger partial charge < -0.3 is 9.47 Å². The van der Waals surface area contributed by atoms with Crippen LogP contribution in [0.4, 0.5) is 0 Å². The summed E-state index contributed by atoms with van der Waals surface area (Å²) >= 11 is 10.7. The van der Waals surface area contributed by atoms with Crippen molar-refractivity contribution in [3.05, 3.63) is 22.2 Å². The molecule has 0 unspecified atom stereocenters. The summed E-state index contributed by atoms with van der Waals surface area (Å²) < 4.78 is 11.7. The zero-order chi connectivity index (χ0) is 11.0. The van der Waals surface area contributed by atoms with Crippen molar-refractivity contribution in [1.82, 2.24) is 0 Å². The summed E-state index contributed by atoms with van der Waals surface area (Å²) in [6.45, 7) is 2.40. The quantitative estimate of drug-likeness (QED) is 0.685. The molecule has 0 saturated carbocycles. The number of ether oxygens (including phenoxy) is 2. The molecule has 1 aliphatic heterocycles. The molecule has 2 rings (SSSR count). The number of hydrogen-bond acceptors (Lipinski definition) is 2. The van der Waals surface area contributed by atoms with Crippen molar-refractivity contribution in [1.29, 1.82) is 0 Å². The summed E-state index contributed by atoms with van der Waals surface area (Å²) in [5, 5.41) is 0. The third-order valence-electron chi connectivity index (χ3n) is 2.19. The molecule has 0 radical (unpaired) electrons. The molecule has 0 saturated heterocycles. The first-order valence-electron chi connectivity index (χ1n) is 4.47. The molecule has 0 amide bonds. The minimum Gasteiger partial charge on any atom is -0.454 e. The predicted molar refractivity (Wildman–Crippen MR) is 70.3 cm³/mol. The lowest BCUT2D eigenvalue weighted by Gasteiger charge is -2.15. The second-order valence-electron chi connectivity index (χ2n) is 3.31. The Labute approximate surface area is 114 Å². The van der Waals surface area contributed by atoms with Crippen LogP contribution in [0.5, 0.6) is 11.5 Å². The maximum atomic E-state index is 5.34. The molecule has 1 aromatic carbocycles. The van der Waals surface area contributed by atoms with Crippen molar-refractivity contribution in [3.63, 3.8) is 0 Å². The Bertz CT molecular complexity index is 379. The summed E-state index contributed by atoms with van der Waals surface area (Å²) in [6.07, 6.45) is 0. The first-order chi connectivity index (χ1) is 7.09. The Kier molecular flexibility index (Phi) is 3.63. The molecule has 0 N–H and O–H groups in total. The smallest absolute Gasteiger partial charge is 0.231 e. The van der Waals surface area contributed by atoms with Gasteiger partial charge in [-0.2, -0.15) is 0 Å². The van der Waals surface area contributed by atoms with Crippen LogP contribution in [0.15, 0.2) is 16.6 Å². The number of fused-ring (bicyclic) bond motifs is 1. The molecular weight excluding hydrogens is 392 g/mol. The highest BCUT2D eigenvalue weighted by atomic mass is 79.9. The van der Waals surface area contributed by atoms with Crippen LogP contribution in [-0.4, -0.2) is 11.6 Å². The topological polar surface area (TPSA) is 18.5 Å². The molecule has 2 nitrogen and oxygen atoms in total. The number of alkyl halides is 2. The van der Waals surface area contributed by atoms with E-state index in [1.165, 1.54) is 0 Å². The monoisotopic (exact) mass is 398 g/mol. The van der Waals surface area contributed by atoms with Crippen LogP contribution in [-0.2, 0) is 0 Å². The number of hydrogen-bond donors (Lipinski definition) is 0. The van der Waals surface area contributed by atoms with Crippen molar-refractivity contribution in [2.75, 3.05) is 6.79 Å².